The fraction of sp³-hybridized carbons (Fsp3) is 0.333. The van der Waals surface area contributed by atoms with Crippen LogP contribution in [-0.2, 0) is 19.6 Å². The molecule has 36 heavy (non-hydrogen) atoms. The molecule has 0 unspecified atom stereocenters. The van der Waals surface area contributed by atoms with Crippen LogP contribution in [0.25, 0.3) is 0 Å². The third-order valence-corrected chi connectivity index (χ3v) is 7.35. The van der Waals surface area contributed by atoms with Gasteiger partial charge in [0, 0.05) is 0 Å². The molecule has 0 heterocycles. The molecule has 0 aliphatic rings. The van der Waals surface area contributed by atoms with E-state index in [1.54, 1.807) is 59.0 Å². The highest BCUT2D eigenvalue weighted by molar-refractivity contribution is 14.1. The lowest BCUT2D eigenvalue weighted by Gasteiger charge is -2.20. The Bertz CT molecular complexity index is 1260. The topological polar surface area (TPSA) is 116 Å². The summed E-state index contributed by atoms with van der Waals surface area (Å²) in [5, 5.41) is 0. The maximum atomic E-state index is 14.2. The largest absolute Gasteiger partial charge is 0.488 e. The molecule has 2 rings (SSSR count). The molecule has 198 valence electrons. The van der Waals surface area contributed by atoms with Crippen molar-refractivity contribution in [1.82, 2.24) is 0 Å². The number of rotatable bonds is 9. The predicted molar refractivity (Wildman–Crippen MR) is 133 cm³/mol. The monoisotopic (exact) mass is 760 g/mol. The van der Waals surface area contributed by atoms with Crippen molar-refractivity contribution in [3.8, 4) is 11.5 Å². The maximum Gasteiger partial charge on any atom is 0.343 e. The lowest BCUT2D eigenvalue weighted by molar-refractivity contribution is -0.154. The van der Waals surface area contributed by atoms with Gasteiger partial charge in [0.1, 0.15) is 19.0 Å². The van der Waals surface area contributed by atoms with Crippen LogP contribution in [0.5, 0.6) is 11.5 Å². The Morgan fingerprint density at radius 2 is 1.44 bits per heavy atom. The van der Waals surface area contributed by atoms with Gasteiger partial charge in [-0.2, -0.15) is 17.2 Å². The van der Waals surface area contributed by atoms with Crippen LogP contribution >= 0.6 is 45.2 Å². The van der Waals surface area contributed by atoms with Gasteiger partial charge in [0.05, 0.1) is 18.1 Å². The Hall–Kier alpha value is -1.73. The first-order chi connectivity index (χ1) is 16.5. The van der Waals surface area contributed by atoms with Gasteiger partial charge in [-0.3, -0.25) is 9.35 Å². The second-order valence-electron chi connectivity index (χ2n) is 7.77. The van der Waals surface area contributed by atoms with Crippen LogP contribution < -0.4 is 9.47 Å². The number of carbonyl (C=O) groups excluding carboxylic acids is 2. The minimum atomic E-state index is -5.66. The molecule has 0 aliphatic heterocycles. The van der Waals surface area contributed by atoms with Gasteiger partial charge in [0.2, 0.25) is 17.4 Å². The highest BCUT2D eigenvalue weighted by Crippen LogP contribution is 2.34. The van der Waals surface area contributed by atoms with Gasteiger partial charge in [-0.1, -0.05) is 6.92 Å². The first-order valence-corrected chi connectivity index (χ1v) is 13.5. The Balaban J connectivity index is 2.21. The molecule has 0 saturated carbocycles. The predicted octanol–water partition coefficient (Wildman–Crippen LogP) is 5.28. The number of benzene rings is 2. The molecular formula is C21H18F4I2O8S. The van der Waals surface area contributed by atoms with Gasteiger partial charge >= 0.3 is 22.1 Å². The van der Waals surface area contributed by atoms with E-state index in [1.807, 2.05) is 6.92 Å². The Morgan fingerprint density at radius 3 is 1.89 bits per heavy atom. The van der Waals surface area contributed by atoms with Gasteiger partial charge in [0.15, 0.2) is 16.5 Å². The first-order valence-electron chi connectivity index (χ1n) is 9.87. The fourth-order valence-electron chi connectivity index (χ4n) is 2.49. The quantitative estimate of drug-likeness (QED) is 0.0700. The van der Waals surface area contributed by atoms with Crippen LogP contribution in [0, 0.1) is 35.8 Å². The number of hydrogen-bond acceptors (Lipinski definition) is 7. The van der Waals surface area contributed by atoms with E-state index >= 15 is 0 Å². The van der Waals surface area contributed by atoms with Crippen LogP contribution in [0.4, 0.5) is 17.6 Å². The summed E-state index contributed by atoms with van der Waals surface area (Å²) in [7, 11) is -5.66. The van der Waals surface area contributed by atoms with Crippen molar-refractivity contribution in [3.63, 3.8) is 0 Å². The first kappa shape index (κ1) is 30.5. The van der Waals surface area contributed by atoms with E-state index in [0.717, 1.165) is 0 Å². The summed E-state index contributed by atoms with van der Waals surface area (Å²) in [6.45, 7) is 5.26. The van der Waals surface area contributed by atoms with E-state index in [0.29, 0.717) is 19.3 Å². The second kappa shape index (κ2) is 11.8. The molecule has 0 aromatic heterocycles. The van der Waals surface area contributed by atoms with Crippen molar-refractivity contribution in [2.75, 3.05) is 13.2 Å². The zero-order valence-electron chi connectivity index (χ0n) is 18.8. The summed E-state index contributed by atoms with van der Waals surface area (Å²) in [4.78, 5) is 22.2. The Labute approximate surface area is 230 Å². The molecule has 0 spiro atoms. The lowest BCUT2D eigenvalue weighted by atomic mass is 9.91. The summed E-state index contributed by atoms with van der Waals surface area (Å²) in [6, 6.07) is 2.39. The van der Waals surface area contributed by atoms with E-state index in [1.165, 1.54) is 12.1 Å². The molecule has 2 aromatic carbocycles. The molecule has 0 bridgehead atoms. The number of ether oxygens (including phenoxy) is 3. The summed E-state index contributed by atoms with van der Waals surface area (Å²) in [6.07, 6.45) is 0.581. The van der Waals surface area contributed by atoms with Crippen molar-refractivity contribution in [1.29, 1.82) is 0 Å². The lowest BCUT2D eigenvalue weighted by Crippen LogP contribution is -2.27. The van der Waals surface area contributed by atoms with Crippen LogP contribution in [0.2, 0.25) is 0 Å². The summed E-state index contributed by atoms with van der Waals surface area (Å²) in [5.41, 5.74) is -0.937. The average molecular weight is 760 g/mol. The van der Waals surface area contributed by atoms with Crippen LogP contribution in [0.1, 0.15) is 37.6 Å². The number of carbonyl (C=O) groups is 2. The zero-order chi connectivity index (χ0) is 27.6. The summed E-state index contributed by atoms with van der Waals surface area (Å²) in [5.74, 6) is -12.9. The number of halogens is 6. The van der Waals surface area contributed by atoms with Crippen molar-refractivity contribution in [3.05, 3.63) is 48.1 Å². The van der Waals surface area contributed by atoms with E-state index in [-0.39, 0.29) is 18.8 Å². The normalized spacial score (nSPS) is 11.8. The van der Waals surface area contributed by atoms with E-state index in [4.69, 9.17) is 14.0 Å². The van der Waals surface area contributed by atoms with Crippen LogP contribution in [0.15, 0.2) is 17.0 Å². The average Bonchev–Trinajstić information content (AvgIpc) is 2.78. The summed E-state index contributed by atoms with van der Waals surface area (Å²) < 4.78 is 103. The van der Waals surface area contributed by atoms with Crippen molar-refractivity contribution < 1.29 is 54.3 Å². The van der Waals surface area contributed by atoms with Crippen molar-refractivity contribution in [2.45, 2.75) is 32.1 Å². The molecule has 0 radical (unpaired) electrons. The van der Waals surface area contributed by atoms with E-state index in [9.17, 15) is 35.6 Å². The van der Waals surface area contributed by atoms with Crippen LogP contribution in [-0.4, -0.2) is 38.1 Å². The van der Waals surface area contributed by atoms with Crippen LogP contribution in [0.3, 0.4) is 0 Å². The molecule has 2 aromatic rings. The molecular weight excluding hydrogens is 742 g/mol. The van der Waals surface area contributed by atoms with Gasteiger partial charge in [-0.15, -0.1) is 0 Å². The molecule has 8 nitrogen and oxygen atoms in total. The molecule has 0 amide bonds. The number of hydrogen-bond donors (Lipinski definition) is 1. The van der Waals surface area contributed by atoms with Gasteiger partial charge in [0.25, 0.3) is 0 Å². The van der Waals surface area contributed by atoms with Gasteiger partial charge in [-0.25, -0.2) is 13.6 Å². The zero-order valence-corrected chi connectivity index (χ0v) is 23.9. The van der Waals surface area contributed by atoms with Crippen molar-refractivity contribution >= 4 is 67.2 Å². The molecule has 15 heteroatoms. The minimum absolute atomic E-state index is 0.0174. The second-order valence-corrected chi connectivity index (χ2v) is 11.5. The fourth-order valence-corrected chi connectivity index (χ4v) is 5.20. The third kappa shape index (κ3) is 6.77. The highest BCUT2D eigenvalue weighted by atomic mass is 127. The molecule has 0 saturated heterocycles. The smallest absolute Gasteiger partial charge is 0.343 e. The number of esters is 2. The Morgan fingerprint density at radius 1 is 0.944 bits per heavy atom. The minimum Gasteiger partial charge on any atom is -0.488 e. The van der Waals surface area contributed by atoms with E-state index in [2.05, 4.69) is 4.74 Å². The summed E-state index contributed by atoms with van der Waals surface area (Å²) >= 11 is 3.58. The van der Waals surface area contributed by atoms with Crippen molar-refractivity contribution in [2.24, 2.45) is 5.41 Å². The maximum absolute atomic E-state index is 14.2. The standard InChI is InChI=1S/C21H18F4I2O8S/c1-4-21(2,3)20(29)34-6-5-33-16-10(26)7-9(8-11(16)27)19(28)35-17-12(22)14(24)18(36(30,31)32)15(25)13(17)23/h7-8H,4-6H2,1-3H3,(H,30,31,32). The molecule has 1 N–H and O–H groups in total. The van der Waals surface area contributed by atoms with Gasteiger partial charge in [-0.05, 0) is 77.6 Å². The molecule has 0 aliphatic carbocycles. The van der Waals surface area contributed by atoms with E-state index < -0.39 is 61.4 Å². The van der Waals surface area contributed by atoms with Gasteiger partial charge < -0.3 is 14.2 Å². The molecule has 0 atom stereocenters. The Kier molecular flexibility index (Phi) is 9.96. The highest BCUT2D eigenvalue weighted by Gasteiger charge is 2.34. The third-order valence-electron chi connectivity index (χ3n) is 4.87. The molecule has 0 fully saturated rings. The SMILES string of the molecule is CCC(C)(C)C(=O)OCCOc1c(I)cc(C(=O)Oc2c(F)c(F)c(S(=O)(=O)O)c(F)c2F)cc1I.